The molecule has 1 heterocycles. The zero-order chi connectivity index (χ0) is 20.1. The van der Waals surface area contributed by atoms with Crippen molar-refractivity contribution in [2.45, 2.75) is 19.4 Å². The average Bonchev–Trinajstić information content (AvgIpc) is 2.77. The van der Waals surface area contributed by atoms with E-state index in [0.717, 1.165) is 41.8 Å². The number of likely N-dealkylation sites (tertiary alicyclic amines) is 1. The number of nitrogens with zero attached hydrogens (tertiary/aromatic N) is 1. The molecule has 1 unspecified atom stereocenters. The molecule has 4 nitrogen and oxygen atoms in total. The number of anilines is 1. The molecule has 29 heavy (non-hydrogen) atoms. The van der Waals surface area contributed by atoms with Crippen molar-refractivity contribution in [3.05, 3.63) is 84.4 Å². The summed E-state index contributed by atoms with van der Waals surface area (Å²) in [7, 11) is 0. The largest absolute Gasteiger partial charge is 0.508 e. The molecule has 0 spiro atoms. The zero-order valence-electron chi connectivity index (χ0n) is 16.4. The third kappa shape index (κ3) is 4.84. The molecule has 4 rings (SSSR count). The maximum atomic E-state index is 12.8. The summed E-state index contributed by atoms with van der Waals surface area (Å²) in [6.07, 6.45) is 1.88. The van der Waals surface area contributed by atoms with Crippen LogP contribution in [0.1, 0.15) is 18.4 Å². The summed E-state index contributed by atoms with van der Waals surface area (Å²) in [5.74, 6) is 0.348. The lowest BCUT2D eigenvalue weighted by Gasteiger charge is -2.32. The molecule has 1 atom stereocenters. The van der Waals surface area contributed by atoms with Gasteiger partial charge in [0.05, 0.1) is 5.92 Å². The van der Waals surface area contributed by atoms with Crippen LogP contribution in [0.5, 0.6) is 5.75 Å². The minimum atomic E-state index is -0.0385. The predicted molar refractivity (Wildman–Crippen MR) is 117 cm³/mol. The second kappa shape index (κ2) is 8.93. The van der Waals surface area contributed by atoms with Crippen molar-refractivity contribution >= 4 is 11.6 Å². The van der Waals surface area contributed by atoms with Gasteiger partial charge in [-0.05, 0) is 48.7 Å². The molecule has 1 aliphatic heterocycles. The fourth-order valence-corrected chi connectivity index (χ4v) is 3.92. The Morgan fingerprint density at radius 2 is 1.62 bits per heavy atom. The van der Waals surface area contributed by atoms with Crippen molar-refractivity contribution < 1.29 is 9.90 Å². The van der Waals surface area contributed by atoms with E-state index in [1.165, 1.54) is 0 Å². The molecule has 0 aromatic heterocycles. The number of hydrogen-bond acceptors (Lipinski definition) is 3. The molecule has 4 heteroatoms. The summed E-state index contributed by atoms with van der Waals surface area (Å²) >= 11 is 0. The Hall–Kier alpha value is -3.11. The summed E-state index contributed by atoms with van der Waals surface area (Å²) in [4.78, 5) is 15.1. The van der Waals surface area contributed by atoms with Crippen LogP contribution in [-0.2, 0) is 11.3 Å². The summed E-state index contributed by atoms with van der Waals surface area (Å²) in [5, 5.41) is 13.1. The fraction of sp³-hybridized carbons (Fsp3) is 0.240. The van der Waals surface area contributed by atoms with Gasteiger partial charge in [0.2, 0.25) is 5.91 Å². The number of carbonyl (C=O) groups is 1. The number of benzene rings is 3. The highest BCUT2D eigenvalue weighted by Crippen LogP contribution is 2.25. The number of aromatic hydroxyl groups is 1. The van der Waals surface area contributed by atoms with Gasteiger partial charge in [-0.15, -0.1) is 0 Å². The lowest BCUT2D eigenvalue weighted by molar-refractivity contribution is -0.121. The van der Waals surface area contributed by atoms with Crippen molar-refractivity contribution in [3.63, 3.8) is 0 Å². The third-order valence-corrected chi connectivity index (χ3v) is 5.52. The number of hydrogen-bond donors (Lipinski definition) is 2. The van der Waals surface area contributed by atoms with Crippen LogP contribution in [0.3, 0.4) is 0 Å². The fourth-order valence-electron chi connectivity index (χ4n) is 3.92. The molecule has 0 aliphatic carbocycles. The van der Waals surface area contributed by atoms with Crippen molar-refractivity contribution in [1.29, 1.82) is 0 Å². The highest BCUT2D eigenvalue weighted by molar-refractivity contribution is 5.93. The van der Waals surface area contributed by atoms with Crippen LogP contribution in [0.25, 0.3) is 11.1 Å². The molecule has 0 radical (unpaired) electrons. The molecule has 3 aromatic rings. The first-order chi connectivity index (χ1) is 14.2. The van der Waals surface area contributed by atoms with Crippen molar-refractivity contribution in [3.8, 4) is 16.9 Å². The van der Waals surface area contributed by atoms with E-state index in [4.69, 9.17) is 0 Å². The van der Waals surface area contributed by atoms with Crippen molar-refractivity contribution in [1.82, 2.24) is 4.90 Å². The molecule has 148 valence electrons. The Bertz CT molecular complexity index is 954. The Morgan fingerprint density at radius 3 is 2.38 bits per heavy atom. The Labute approximate surface area is 171 Å². The Kier molecular flexibility index (Phi) is 5.92. The molecule has 0 saturated carbocycles. The van der Waals surface area contributed by atoms with E-state index in [1.807, 2.05) is 60.7 Å². The van der Waals surface area contributed by atoms with Gasteiger partial charge in [0, 0.05) is 24.3 Å². The number of nitrogens with one attached hydrogen (secondary N) is 1. The zero-order valence-corrected chi connectivity index (χ0v) is 16.4. The van der Waals surface area contributed by atoms with Crippen LogP contribution >= 0.6 is 0 Å². The highest BCUT2D eigenvalue weighted by Gasteiger charge is 2.26. The number of phenolic OH excluding ortho intramolecular Hbond substituents is 1. The van der Waals surface area contributed by atoms with Gasteiger partial charge < -0.3 is 10.4 Å². The van der Waals surface area contributed by atoms with Gasteiger partial charge in [-0.3, -0.25) is 9.69 Å². The maximum Gasteiger partial charge on any atom is 0.228 e. The first-order valence-corrected chi connectivity index (χ1v) is 10.1. The normalized spacial score (nSPS) is 17.0. The lowest BCUT2D eigenvalue weighted by atomic mass is 9.96. The molecule has 1 saturated heterocycles. The van der Waals surface area contributed by atoms with Crippen molar-refractivity contribution in [2.75, 3.05) is 18.4 Å². The van der Waals surface area contributed by atoms with Gasteiger partial charge in [0.15, 0.2) is 0 Å². The SMILES string of the molecule is O=C(Nc1ccc(-c2ccccc2)cc1)C1CCCN(Cc2ccccc2O)C1. The number of carbonyl (C=O) groups excluding carboxylic acids is 1. The molecule has 1 amide bonds. The van der Waals surface area contributed by atoms with Crippen LogP contribution in [0.15, 0.2) is 78.9 Å². The standard InChI is InChI=1S/C25H26N2O2/c28-24-11-5-4-9-21(24)17-27-16-6-10-22(18-27)25(29)26-23-14-12-20(13-15-23)19-7-2-1-3-8-19/h1-5,7-9,11-15,22,28H,6,10,16-18H2,(H,26,29). The molecular weight excluding hydrogens is 360 g/mol. The minimum absolute atomic E-state index is 0.0385. The molecule has 2 N–H and O–H groups in total. The first-order valence-electron chi connectivity index (χ1n) is 10.1. The second-order valence-corrected chi connectivity index (χ2v) is 7.64. The van der Waals surface area contributed by atoms with Gasteiger partial charge in [-0.2, -0.15) is 0 Å². The van der Waals surface area contributed by atoms with E-state index in [0.29, 0.717) is 18.8 Å². The van der Waals surface area contributed by atoms with Gasteiger partial charge >= 0.3 is 0 Å². The first kappa shape index (κ1) is 19.2. The quantitative estimate of drug-likeness (QED) is 0.655. The molecular formula is C25H26N2O2. The van der Waals surface area contributed by atoms with E-state index in [9.17, 15) is 9.90 Å². The van der Waals surface area contributed by atoms with Crippen LogP contribution in [0.2, 0.25) is 0 Å². The van der Waals surface area contributed by atoms with E-state index in [2.05, 4.69) is 22.3 Å². The van der Waals surface area contributed by atoms with Crippen LogP contribution in [-0.4, -0.2) is 29.0 Å². The molecule has 3 aromatic carbocycles. The van der Waals surface area contributed by atoms with Gasteiger partial charge in [-0.1, -0.05) is 60.7 Å². The number of rotatable bonds is 5. The molecule has 1 fully saturated rings. The topological polar surface area (TPSA) is 52.6 Å². The summed E-state index contributed by atoms with van der Waals surface area (Å²) in [5.41, 5.74) is 4.03. The third-order valence-electron chi connectivity index (χ3n) is 5.52. The number of amides is 1. The van der Waals surface area contributed by atoms with E-state index >= 15 is 0 Å². The van der Waals surface area contributed by atoms with Gasteiger partial charge in [-0.25, -0.2) is 0 Å². The van der Waals surface area contributed by atoms with Gasteiger partial charge in [0.25, 0.3) is 0 Å². The second-order valence-electron chi connectivity index (χ2n) is 7.64. The summed E-state index contributed by atoms with van der Waals surface area (Å²) in [6.45, 7) is 2.33. The molecule has 0 bridgehead atoms. The summed E-state index contributed by atoms with van der Waals surface area (Å²) in [6, 6.07) is 25.6. The summed E-state index contributed by atoms with van der Waals surface area (Å²) < 4.78 is 0. The van der Waals surface area contributed by atoms with E-state index in [1.54, 1.807) is 6.07 Å². The monoisotopic (exact) mass is 386 g/mol. The Balaban J connectivity index is 1.36. The highest BCUT2D eigenvalue weighted by atomic mass is 16.3. The van der Waals surface area contributed by atoms with E-state index in [-0.39, 0.29) is 11.8 Å². The number of piperidine rings is 1. The van der Waals surface area contributed by atoms with Crippen molar-refractivity contribution in [2.24, 2.45) is 5.92 Å². The van der Waals surface area contributed by atoms with Crippen LogP contribution in [0, 0.1) is 5.92 Å². The van der Waals surface area contributed by atoms with Gasteiger partial charge in [0.1, 0.15) is 5.75 Å². The van der Waals surface area contributed by atoms with Crippen LogP contribution < -0.4 is 5.32 Å². The van der Waals surface area contributed by atoms with Crippen LogP contribution in [0.4, 0.5) is 5.69 Å². The minimum Gasteiger partial charge on any atom is -0.508 e. The average molecular weight is 386 g/mol. The number of para-hydroxylation sites is 1. The smallest absolute Gasteiger partial charge is 0.228 e. The number of phenols is 1. The predicted octanol–water partition coefficient (Wildman–Crippen LogP) is 4.91. The lowest BCUT2D eigenvalue weighted by Crippen LogP contribution is -2.40. The maximum absolute atomic E-state index is 12.8. The van der Waals surface area contributed by atoms with E-state index < -0.39 is 0 Å². The Morgan fingerprint density at radius 1 is 0.931 bits per heavy atom. The molecule has 1 aliphatic rings.